The molecule has 2 aliphatic heterocycles. The van der Waals surface area contributed by atoms with Gasteiger partial charge in [-0.2, -0.15) is 11.8 Å². The van der Waals surface area contributed by atoms with Crippen molar-refractivity contribution < 1.29 is 9.53 Å². The summed E-state index contributed by atoms with van der Waals surface area (Å²) < 4.78 is 6.10. The standard InChI is InChI=1S/C16H27NO2S/c17-14-4-2-1-3-13(14)15(18)12-5-8-19-16(11-12)6-9-20-10-7-16/h12-14H,1-11,17H2. The van der Waals surface area contributed by atoms with E-state index in [0.717, 1.165) is 45.1 Å². The molecule has 0 bridgehead atoms. The molecule has 0 amide bonds. The highest BCUT2D eigenvalue weighted by Crippen LogP contribution is 2.41. The van der Waals surface area contributed by atoms with E-state index in [1.165, 1.54) is 24.3 Å². The summed E-state index contributed by atoms with van der Waals surface area (Å²) in [6.45, 7) is 0.767. The summed E-state index contributed by atoms with van der Waals surface area (Å²) in [7, 11) is 0. The third kappa shape index (κ3) is 3.07. The fraction of sp³-hybridized carbons (Fsp3) is 0.938. The van der Waals surface area contributed by atoms with Crippen LogP contribution < -0.4 is 5.73 Å². The van der Waals surface area contributed by atoms with Gasteiger partial charge in [0.2, 0.25) is 0 Å². The van der Waals surface area contributed by atoms with Crippen LogP contribution in [0.3, 0.4) is 0 Å². The Hall–Kier alpha value is -0.0600. The van der Waals surface area contributed by atoms with Gasteiger partial charge in [0, 0.05) is 24.5 Å². The lowest BCUT2D eigenvalue weighted by atomic mass is 9.73. The summed E-state index contributed by atoms with van der Waals surface area (Å²) >= 11 is 2.02. The smallest absolute Gasteiger partial charge is 0.140 e. The number of rotatable bonds is 2. The predicted octanol–water partition coefficient (Wildman–Crippen LogP) is 2.77. The number of Topliss-reactive ketones (excluding diaryl/α,β-unsaturated/α-hetero) is 1. The number of ketones is 1. The molecule has 3 unspecified atom stereocenters. The Morgan fingerprint density at radius 1 is 1.15 bits per heavy atom. The first-order valence-electron chi connectivity index (χ1n) is 8.21. The zero-order valence-corrected chi connectivity index (χ0v) is 13.1. The zero-order chi connectivity index (χ0) is 14.0. The van der Waals surface area contributed by atoms with E-state index in [1.807, 2.05) is 11.8 Å². The van der Waals surface area contributed by atoms with Gasteiger partial charge in [-0.3, -0.25) is 4.79 Å². The normalized spacial score (nSPS) is 37.8. The average Bonchev–Trinajstić information content (AvgIpc) is 2.48. The number of carbonyl (C=O) groups excluding carboxylic acids is 1. The number of carbonyl (C=O) groups is 1. The molecule has 0 radical (unpaired) electrons. The molecule has 2 heterocycles. The van der Waals surface area contributed by atoms with E-state index >= 15 is 0 Å². The fourth-order valence-corrected chi connectivity index (χ4v) is 5.41. The molecule has 3 fully saturated rings. The second-order valence-corrected chi connectivity index (χ2v) is 8.02. The van der Waals surface area contributed by atoms with Gasteiger partial charge in [-0.05, 0) is 50.0 Å². The van der Waals surface area contributed by atoms with Gasteiger partial charge in [0.05, 0.1) is 5.60 Å². The molecular weight excluding hydrogens is 270 g/mol. The molecule has 0 aromatic heterocycles. The molecule has 1 aliphatic carbocycles. The summed E-state index contributed by atoms with van der Waals surface area (Å²) in [4.78, 5) is 12.8. The molecule has 3 rings (SSSR count). The minimum Gasteiger partial charge on any atom is -0.375 e. The van der Waals surface area contributed by atoms with Gasteiger partial charge in [-0.1, -0.05) is 12.8 Å². The number of thioether (sulfide) groups is 1. The summed E-state index contributed by atoms with van der Waals surface area (Å²) in [5, 5.41) is 0. The molecule has 0 aromatic carbocycles. The van der Waals surface area contributed by atoms with Gasteiger partial charge in [0.15, 0.2) is 0 Å². The van der Waals surface area contributed by atoms with Crippen LogP contribution in [0.1, 0.15) is 51.4 Å². The van der Waals surface area contributed by atoms with E-state index in [0.29, 0.717) is 5.78 Å². The fourth-order valence-electron chi connectivity index (χ4n) is 4.18. The Morgan fingerprint density at radius 3 is 2.65 bits per heavy atom. The van der Waals surface area contributed by atoms with Crippen molar-refractivity contribution in [2.75, 3.05) is 18.1 Å². The van der Waals surface area contributed by atoms with Crippen molar-refractivity contribution in [1.29, 1.82) is 0 Å². The lowest BCUT2D eigenvalue weighted by Crippen LogP contribution is -2.48. The summed E-state index contributed by atoms with van der Waals surface area (Å²) in [6.07, 6.45) is 8.53. The highest BCUT2D eigenvalue weighted by molar-refractivity contribution is 7.99. The lowest BCUT2D eigenvalue weighted by Gasteiger charge is -2.44. The van der Waals surface area contributed by atoms with Gasteiger partial charge in [0.25, 0.3) is 0 Å². The molecule has 1 saturated carbocycles. The van der Waals surface area contributed by atoms with Crippen molar-refractivity contribution in [3.8, 4) is 0 Å². The number of hydrogen-bond acceptors (Lipinski definition) is 4. The Kier molecular flexibility index (Phi) is 4.73. The summed E-state index contributed by atoms with van der Waals surface area (Å²) in [6, 6.07) is 0.108. The first kappa shape index (κ1) is 14.9. The molecule has 3 atom stereocenters. The van der Waals surface area contributed by atoms with Gasteiger partial charge in [0.1, 0.15) is 5.78 Å². The maximum atomic E-state index is 12.8. The molecule has 4 heteroatoms. The van der Waals surface area contributed by atoms with Crippen LogP contribution in [0.4, 0.5) is 0 Å². The highest BCUT2D eigenvalue weighted by atomic mass is 32.2. The quantitative estimate of drug-likeness (QED) is 0.851. The molecule has 114 valence electrons. The van der Waals surface area contributed by atoms with E-state index in [-0.39, 0.29) is 23.5 Å². The van der Waals surface area contributed by atoms with Crippen LogP contribution >= 0.6 is 11.8 Å². The average molecular weight is 297 g/mol. The Morgan fingerprint density at radius 2 is 1.90 bits per heavy atom. The minimum absolute atomic E-state index is 0.0165. The largest absolute Gasteiger partial charge is 0.375 e. The molecule has 2 saturated heterocycles. The third-order valence-corrected chi connectivity index (χ3v) is 6.47. The molecule has 0 aromatic rings. The second-order valence-electron chi connectivity index (χ2n) is 6.79. The summed E-state index contributed by atoms with van der Waals surface area (Å²) in [5.74, 6) is 3.16. The first-order valence-corrected chi connectivity index (χ1v) is 9.37. The predicted molar refractivity (Wildman–Crippen MR) is 82.9 cm³/mol. The van der Waals surface area contributed by atoms with Gasteiger partial charge < -0.3 is 10.5 Å². The van der Waals surface area contributed by atoms with Crippen molar-refractivity contribution >= 4 is 17.5 Å². The minimum atomic E-state index is 0.0165. The van der Waals surface area contributed by atoms with Crippen LogP contribution in [-0.2, 0) is 9.53 Å². The zero-order valence-electron chi connectivity index (χ0n) is 12.3. The van der Waals surface area contributed by atoms with Gasteiger partial charge in [-0.25, -0.2) is 0 Å². The van der Waals surface area contributed by atoms with Crippen molar-refractivity contribution in [3.63, 3.8) is 0 Å². The maximum absolute atomic E-state index is 12.8. The lowest BCUT2D eigenvalue weighted by molar-refractivity contribution is -0.143. The van der Waals surface area contributed by atoms with Gasteiger partial charge in [-0.15, -0.1) is 0 Å². The molecule has 3 aliphatic rings. The van der Waals surface area contributed by atoms with Crippen LogP contribution in [-0.4, -0.2) is 35.5 Å². The second kappa shape index (κ2) is 6.37. The molecule has 1 spiro atoms. The summed E-state index contributed by atoms with van der Waals surface area (Å²) in [5.41, 5.74) is 6.22. The number of nitrogens with two attached hydrogens (primary N) is 1. The van der Waals surface area contributed by atoms with Crippen LogP contribution in [0.5, 0.6) is 0 Å². The van der Waals surface area contributed by atoms with Crippen molar-refractivity contribution in [2.45, 2.75) is 63.0 Å². The third-order valence-electron chi connectivity index (χ3n) is 5.48. The van der Waals surface area contributed by atoms with Crippen LogP contribution in [0, 0.1) is 11.8 Å². The van der Waals surface area contributed by atoms with Crippen molar-refractivity contribution in [3.05, 3.63) is 0 Å². The van der Waals surface area contributed by atoms with E-state index in [4.69, 9.17) is 10.5 Å². The van der Waals surface area contributed by atoms with Gasteiger partial charge >= 0.3 is 0 Å². The van der Waals surface area contributed by atoms with Crippen molar-refractivity contribution in [1.82, 2.24) is 0 Å². The Labute approximate surface area is 126 Å². The van der Waals surface area contributed by atoms with Crippen LogP contribution in [0.15, 0.2) is 0 Å². The molecule has 20 heavy (non-hydrogen) atoms. The van der Waals surface area contributed by atoms with E-state index in [9.17, 15) is 4.79 Å². The maximum Gasteiger partial charge on any atom is 0.140 e. The van der Waals surface area contributed by atoms with Crippen LogP contribution in [0.25, 0.3) is 0 Å². The SMILES string of the molecule is NC1CCCCC1C(=O)C1CCOC2(CCSCC2)C1. The molecule has 2 N–H and O–H groups in total. The van der Waals surface area contributed by atoms with Crippen LogP contribution in [0.2, 0.25) is 0 Å². The number of hydrogen-bond donors (Lipinski definition) is 1. The van der Waals surface area contributed by atoms with E-state index in [2.05, 4.69) is 0 Å². The van der Waals surface area contributed by atoms with Crippen molar-refractivity contribution in [2.24, 2.45) is 17.6 Å². The topological polar surface area (TPSA) is 52.3 Å². The monoisotopic (exact) mass is 297 g/mol. The first-order chi connectivity index (χ1) is 9.70. The Balaban J connectivity index is 1.65. The molecule has 3 nitrogen and oxygen atoms in total. The Bertz CT molecular complexity index is 349. The van der Waals surface area contributed by atoms with E-state index < -0.39 is 0 Å². The molecular formula is C16H27NO2S. The highest BCUT2D eigenvalue weighted by Gasteiger charge is 2.43. The van der Waals surface area contributed by atoms with E-state index in [1.54, 1.807) is 0 Å². The number of ether oxygens (including phenoxy) is 1.